The van der Waals surface area contributed by atoms with Gasteiger partial charge in [-0.3, -0.25) is 9.69 Å². The van der Waals surface area contributed by atoms with Crippen LogP contribution in [-0.4, -0.2) is 21.4 Å². The average molecular weight is 373 g/mol. The Labute approximate surface area is 161 Å². The Morgan fingerprint density at radius 2 is 2.14 bits per heavy atom. The van der Waals surface area contributed by atoms with Crippen LogP contribution in [0.3, 0.4) is 0 Å². The molecule has 1 aliphatic rings. The number of aryl methyl sites for hydroxylation is 1. The number of fused-ring (bicyclic) bond motifs is 2. The quantitative estimate of drug-likeness (QED) is 0.545. The Morgan fingerprint density at radius 1 is 1.21 bits per heavy atom. The second kappa shape index (κ2) is 6.73. The van der Waals surface area contributed by atoms with Gasteiger partial charge in [-0.25, -0.2) is 9.97 Å². The average Bonchev–Trinajstić information content (AvgIpc) is 3.25. The van der Waals surface area contributed by atoms with Crippen molar-refractivity contribution in [2.75, 3.05) is 6.54 Å². The zero-order valence-corrected chi connectivity index (χ0v) is 15.5. The minimum Gasteiger partial charge on any atom is -0.464 e. The maximum atomic E-state index is 12.9. The number of hydrogen-bond donors (Lipinski definition) is 0. The highest BCUT2D eigenvalue weighted by Gasteiger charge is 2.21. The van der Waals surface area contributed by atoms with Crippen LogP contribution >= 0.6 is 0 Å². The molecule has 28 heavy (non-hydrogen) atoms. The van der Waals surface area contributed by atoms with Crippen LogP contribution in [0.15, 0.2) is 62.7 Å². The van der Waals surface area contributed by atoms with Crippen LogP contribution in [0.1, 0.15) is 22.4 Å². The fraction of sp³-hybridized carbons (Fsp3) is 0.227. The van der Waals surface area contributed by atoms with Crippen LogP contribution in [0.25, 0.3) is 22.6 Å². The van der Waals surface area contributed by atoms with E-state index in [0.717, 1.165) is 29.8 Å². The zero-order chi connectivity index (χ0) is 19.1. The second-order valence-electron chi connectivity index (χ2n) is 7.19. The predicted octanol–water partition coefficient (Wildman–Crippen LogP) is 3.71. The molecule has 1 aromatic carbocycles. The molecular weight excluding hydrogens is 354 g/mol. The first kappa shape index (κ1) is 16.9. The summed E-state index contributed by atoms with van der Waals surface area (Å²) >= 11 is 0. The van der Waals surface area contributed by atoms with Gasteiger partial charge in [-0.05, 0) is 31.2 Å². The molecule has 5 rings (SSSR count). The molecule has 0 bridgehead atoms. The summed E-state index contributed by atoms with van der Waals surface area (Å²) in [5.74, 6) is 1.29. The summed E-state index contributed by atoms with van der Waals surface area (Å²) in [4.78, 5) is 24.2. The summed E-state index contributed by atoms with van der Waals surface area (Å²) in [5.41, 5.74) is 4.52. The van der Waals surface area contributed by atoms with E-state index >= 15 is 0 Å². The maximum Gasteiger partial charge on any atom is 0.197 e. The number of rotatable bonds is 3. The third-order valence-electron chi connectivity index (χ3n) is 5.15. The molecule has 3 aromatic heterocycles. The topological polar surface area (TPSA) is 72.4 Å². The molecule has 4 aromatic rings. The first-order valence-corrected chi connectivity index (χ1v) is 9.29. The fourth-order valence-corrected chi connectivity index (χ4v) is 3.67. The van der Waals surface area contributed by atoms with Gasteiger partial charge in [-0.1, -0.05) is 11.6 Å². The minimum atomic E-state index is 0.0418. The summed E-state index contributed by atoms with van der Waals surface area (Å²) in [7, 11) is 0. The van der Waals surface area contributed by atoms with Gasteiger partial charge in [-0.2, -0.15) is 0 Å². The molecule has 0 N–H and O–H groups in total. The molecule has 1 aliphatic heterocycles. The number of furan rings is 1. The van der Waals surface area contributed by atoms with E-state index in [-0.39, 0.29) is 5.43 Å². The van der Waals surface area contributed by atoms with Crippen molar-refractivity contribution in [2.24, 2.45) is 0 Å². The Hall–Kier alpha value is -3.25. The summed E-state index contributed by atoms with van der Waals surface area (Å²) in [6.07, 6.45) is 5.88. The van der Waals surface area contributed by atoms with Crippen LogP contribution < -0.4 is 5.43 Å². The monoisotopic (exact) mass is 373 g/mol. The molecule has 0 unspecified atom stereocenters. The Kier molecular flexibility index (Phi) is 4.06. The van der Waals surface area contributed by atoms with Crippen molar-refractivity contribution in [1.29, 1.82) is 0 Å². The normalized spacial score (nSPS) is 14.3. The van der Waals surface area contributed by atoms with Gasteiger partial charge in [0.25, 0.3) is 0 Å². The zero-order valence-electron chi connectivity index (χ0n) is 15.5. The van der Waals surface area contributed by atoms with Crippen molar-refractivity contribution in [1.82, 2.24) is 14.9 Å². The highest BCUT2D eigenvalue weighted by molar-refractivity contribution is 5.77. The van der Waals surface area contributed by atoms with Gasteiger partial charge >= 0.3 is 0 Å². The van der Waals surface area contributed by atoms with Crippen molar-refractivity contribution >= 4 is 11.0 Å². The van der Waals surface area contributed by atoms with Gasteiger partial charge in [0.1, 0.15) is 5.58 Å². The smallest absolute Gasteiger partial charge is 0.197 e. The number of aromatic nitrogens is 2. The lowest BCUT2D eigenvalue weighted by Gasteiger charge is -2.27. The Bertz CT molecular complexity index is 1210. The molecule has 0 aliphatic carbocycles. The fourth-order valence-electron chi connectivity index (χ4n) is 3.67. The highest BCUT2D eigenvalue weighted by atomic mass is 16.3. The molecule has 6 nitrogen and oxygen atoms in total. The molecule has 0 fully saturated rings. The number of nitrogens with zero attached hydrogens (tertiary/aromatic N) is 3. The van der Waals surface area contributed by atoms with Crippen molar-refractivity contribution in [3.63, 3.8) is 0 Å². The van der Waals surface area contributed by atoms with E-state index < -0.39 is 0 Å². The molecule has 0 saturated carbocycles. The second-order valence-corrected chi connectivity index (χ2v) is 7.19. The maximum absolute atomic E-state index is 12.9. The number of hydrogen-bond acceptors (Lipinski definition) is 6. The van der Waals surface area contributed by atoms with Gasteiger partial charge in [-0.15, -0.1) is 0 Å². The lowest BCUT2D eigenvalue weighted by Crippen LogP contribution is -2.32. The van der Waals surface area contributed by atoms with Crippen LogP contribution in [0, 0.1) is 6.92 Å². The summed E-state index contributed by atoms with van der Waals surface area (Å²) in [6, 6.07) is 9.37. The minimum absolute atomic E-state index is 0.0418. The van der Waals surface area contributed by atoms with E-state index in [1.165, 1.54) is 0 Å². The van der Waals surface area contributed by atoms with Crippen molar-refractivity contribution in [2.45, 2.75) is 26.4 Å². The summed E-state index contributed by atoms with van der Waals surface area (Å²) in [6.45, 7) is 4.06. The van der Waals surface area contributed by atoms with Crippen molar-refractivity contribution < 1.29 is 8.83 Å². The van der Waals surface area contributed by atoms with E-state index in [1.807, 2.05) is 43.5 Å². The van der Waals surface area contributed by atoms with Crippen LogP contribution in [-0.2, 0) is 19.5 Å². The molecule has 0 saturated heterocycles. The Morgan fingerprint density at radius 3 is 3.00 bits per heavy atom. The predicted molar refractivity (Wildman–Crippen MR) is 105 cm³/mol. The molecule has 0 radical (unpaired) electrons. The molecule has 0 spiro atoms. The molecule has 6 heteroatoms. The van der Waals surface area contributed by atoms with Gasteiger partial charge in [0, 0.05) is 43.4 Å². The summed E-state index contributed by atoms with van der Waals surface area (Å²) < 4.78 is 11.1. The van der Waals surface area contributed by atoms with E-state index in [2.05, 4.69) is 14.9 Å². The van der Waals surface area contributed by atoms with E-state index in [0.29, 0.717) is 41.2 Å². The van der Waals surface area contributed by atoms with Crippen LogP contribution in [0.5, 0.6) is 0 Å². The van der Waals surface area contributed by atoms with Gasteiger partial charge in [0.2, 0.25) is 0 Å². The highest BCUT2D eigenvalue weighted by Crippen LogP contribution is 2.22. The third kappa shape index (κ3) is 3.01. The first-order valence-electron chi connectivity index (χ1n) is 9.29. The van der Waals surface area contributed by atoms with E-state index in [9.17, 15) is 4.79 Å². The van der Waals surface area contributed by atoms with Crippen molar-refractivity contribution in [3.8, 4) is 11.6 Å². The standard InChI is InChI=1S/C22H19N3O3/c1-14-4-5-19-17(9-14)21(26)16(13-28-19)12-25-7-6-18-15(11-25)10-23-22(24-18)20-3-2-8-27-20/h2-5,8-10,13H,6-7,11-12H2,1H3. The summed E-state index contributed by atoms with van der Waals surface area (Å²) in [5, 5.41) is 0.640. The lowest BCUT2D eigenvalue weighted by atomic mass is 10.1. The van der Waals surface area contributed by atoms with Gasteiger partial charge < -0.3 is 8.83 Å². The third-order valence-corrected chi connectivity index (χ3v) is 5.15. The van der Waals surface area contributed by atoms with Gasteiger partial charge in [0.15, 0.2) is 17.0 Å². The van der Waals surface area contributed by atoms with Crippen LogP contribution in [0.4, 0.5) is 0 Å². The lowest BCUT2D eigenvalue weighted by molar-refractivity contribution is 0.240. The molecule has 0 amide bonds. The van der Waals surface area contributed by atoms with Crippen molar-refractivity contribution in [3.05, 3.63) is 81.7 Å². The molecule has 0 atom stereocenters. The van der Waals surface area contributed by atoms with Gasteiger partial charge in [0.05, 0.1) is 23.6 Å². The Balaban J connectivity index is 1.39. The van der Waals surface area contributed by atoms with Crippen LogP contribution in [0.2, 0.25) is 0 Å². The SMILES string of the molecule is Cc1ccc2occ(CN3CCc4nc(-c5ccco5)ncc4C3)c(=O)c2c1. The molecule has 4 heterocycles. The van der Waals surface area contributed by atoms with E-state index in [1.54, 1.807) is 12.5 Å². The largest absolute Gasteiger partial charge is 0.464 e. The molecular formula is C22H19N3O3. The first-order chi connectivity index (χ1) is 13.7. The number of benzene rings is 1. The van der Waals surface area contributed by atoms with E-state index in [4.69, 9.17) is 8.83 Å². The molecule has 140 valence electrons.